The molecule has 0 radical (unpaired) electrons. The van der Waals surface area contributed by atoms with E-state index in [1.54, 1.807) is 24.7 Å². The number of nitrogens with zero attached hydrogens (tertiary/aromatic N) is 7. The van der Waals surface area contributed by atoms with Crippen LogP contribution in [0.25, 0.3) is 33.4 Å². The van der Waals surface area contributed by atoms with Gasteiger partial charge in [0.1, 0.15) is 12.2 Å². The third-order valence-corrected chi connectivity index (χ3v) is 7.48. The number of amides is 1. The zero-order valence-corrected chi connectivity index (χ0v) is 20.0. The summed E-state index contributed by atoms with van der Waals surface area (Å²) in [5.74, 6) is -0.0531. The number of imidazole rings is 1. The maximum atomic E-state index is 15.3. The molecule has 0 bridgehead atoms. The maximum absolute atomic E-state index is 15.3. The minimum absolute atomic E-state index is 0.0249. The molecule has 1 aromatic carbocycles. The molecule has 1 saturated heterocycles. The lowest BCUT2D eigenvalue weighted by molar-refractivity contribution is -0.129. The van der Waals surface area contributed by atoms with Crippen LogP contribution < -0.4 is 0 Å². The molecule has 184 valence electrons. The molecule has 6 heterocycles. The summed E-state index contributed by atoms with van der Waals surface area (Å²) in [6.07, 6.45) is 12.1. The Bertz CT molecular complexity index is 1690. The largest absolute Gasteiger partial charge is 0.359 e. The number of halogens is 2. The highest BCUT2D eigenvalue weighted by molar-refractivity contribution is 6.31. The van der Waals surface area contributed by atoms with Gasteiger partial charge in [0.2, 0.25) is 5.91 Å². The van der Waals surface area contributed by atoms with Crippen molar-refractivity contribution in [2.45, 2.75) is 31.3 Å². The second-order valence-corrected chi connectivity index (χ2v) is 9.59. The van der Waals surface area contributed by atoms with Crippen LogP contribution in [0.2, 0.25) is 5.02 Å². The van der Waals surface area contributed by atoms with Gasteiger partial charge in [-0.2, -0.15) is 4.68 Å². The van der Waals surface area contributed by atoms with Crippen molar-refractivity contribution in [2.75, 3.05) is 0 Å². The van der Waals surface area contributed by atoms with E-state index in [1.807, 2.05) is 17.2 Å². The molecule has 5 aromatic rings. The highest BCUT2D eigenvalue weighted by Crippen LogP contribution is 2.44. The fourth-order valence-corrected chi connectivity index (χ4v) is 5.70. The predicted octanol–water partition coefficient (Wildman–Crippen LogP) is 4.24. The van der Waals surface area contributed by atoms with Crippen molar-refractivity contribution < 1.29 is 9.18 Å². The molecule has 0 saturated carbocycles. The number of rotatable bonds is 4. The summed E-state index contributed by atoms with van der Waals surface area (Å²) in [5, 5.41) is 12.2. The summed E-state index contributed by atoms with van der Waals surface area (Å²) in [7, 11) is 0. The van der Waals surface area contributed by atoms with Crippen molar-refractivity contribution in [3.63, 3.8) is 0 Å². The van der Waals surface area contributed by atoms with Crippen molar-refractivity contribution in [3.05, 3.63) is 77.6 Å². The second kappa shape index (κ2) is 8.34. The van der Waals surface area contributed by atoms with E-state index in [4.69, 9.17) is 11.6 Å². The first-order valence-electron chi connectivity index (χ1n) is 11.8. The maximum Gasteiger partial charge on any atom is 0.247 e. The number of carbonyl (C=O) groups excluding carboxylic acids is 1. The average Bonchev–Trinajstić information content (AvgIpc) is 3.71. The SMILES string of the molecule is O=C1C=C(c2c(-n3cnnn3)ccc(Cl)c2F)C[C@H]2CC[C@@H](c3ncc(-c4c[nH]c5cnccc45)[nH]3)N12. The van der Waals surface area contributed by atoms with Crippen molar-refractivity contribution in [1.82, 2.24) is 45.0 Å². The summed E-state index contributed by atoms with van der Waals surface area (Å²) in [4.78, 5) is 30.7. The third-order valence-electron chi connectivity index (χ3n) is 7.18. The molecule has 37 heavy (non-hydrogen) atoms. The first-order valence-corrected chi connectivity index (χ1v) is 12.2. The van der Waals surface area contributed by atoms with Gasteiger partial charge in [-0.05, 0) is 53.5 Å². The molecule has 0 aliphatic carbocycles. The van der Waals surface area contributed by atoms with Crippen molar-refractivity contribution in [2.24, 2.45) is 0 Å². The van der Waals surface area contributed by atoms with E-state index >= 15 is 4.39 Å². The van der Waals surface area contributed by atoms with Gasteiger partial charge < -0.3 is 14.9 Å². The van der Waals surface area contributed by atoms with Gasteiger partial charge in [0, 0.05) is 41.0 Å². The molecule has 1 amide bonds. The van der Waals surface area contributed by atoms with Gasteiger partial charge in [0.25, 0.3) is 0 Å². The van der Waals surface area contributed by atoms with Gasteiger partial charge >= 0.3 is 0 Å². The first-order chi connectivity index (χ1) is 18.1. The van der Waals surface area contributed by atoms with Gasteiger partial charge in [-0.25, -0.2) is 9.37 Å². The Morgan fingerprint density at radius 2 is 2.08 bits per heavy atom. The summed E-state index contributed by atoms with van der Waals surface area (Å²) in [5.41, 5.74) is 4.04. The predicted molar refractivity (Wildman–Crippen MR) is 133 cm³/mol. The smallest absolute Gasteiger partial charge is 0.247 e. The lowest BCUT2D eigenvalue weighted by Gasteiger charge is -2.33. The van der Waals surface area contributed by atoms with Crippen molar-refractivity contribution >= 4 is 34.0 Å². The quantitative estimate of drug-likeness (QED) is 0.369. The minimum Gasteiger partial charge on any atom is -0.359 e. The molecule has 7 rings (SSSR count). The van der Waals surface area contributed by atoms with Crippen LogP contribution in [0.15, 0.2) is 55.4 Å². The van der Waals surface area contributed by atoms with Gasteiger partial charge in [-0.15, -0.1) is 5.10 Å². The molecule has 10 nitrogen and oxygen atoms in total. The number of nitrogens with one attached hydrogen (secondary N) is 2. The van der Waals surface area contributed by atoms with Crippen LogP contribution in [-0.2, 0) is 4.79 Å². The summed E-state index contributed by atoms with van der Waals surface area (Å²) >= 11 is 6.12. The molecule has 2 aliphatic heterocycles. The minimum atomic E-state index is -0.596. The normalized spacial score (nSPS) is 19.5. The van der Waals surface area contributed by atoms with E-state index in [-0.39, 0.29) is 28.6 Å². The number of aromatic nitrogens is 8. The highest BCUT2D eigenvalue weighted by atomic mass is 35.5. The zero-order valence-electron chi connectivity index (χ0n) is 19.3. The number of benzene rings is 1. The average molecular weight is 516 g/mol. The fourth-order valence-electron chi connectivity index (χ4n) is 5.54. The molecule has 2 aliphatic rings. The highest BCUT2D eigenvalue weighted by Gasteiger charge is 2.42. The van der Waals surface area contributed by atoms with Crippen LogP contribution >= 0.6 is 11.6 Å². The number of H-pyrrole nitrogens is 2. The van der Waals surface area contributed by atoms with Crippen LogP contribution in [-0.4, -0.2) is 57.0 Å². The number of pyridine rings is 1. The number of fused-ring (bicyclic) bond motifs is 2. The van der Waals surface area contributed by atoms with E-state index in [2.05, 4.69) is 35.5 Å². The monoisotopic (exact) mass is 515 g/mol. The molecule has 2 N–H and O–H groups in total. The van der Waals surface area contributed by atoms with Crippen LogP contribution in [0, 0.1) is 5.82 Å². The molecule has 0 spiro atoms. The van der Waals surface area contributed by atoms with Crippen molar-refractivity contribution in [1.29, 1.82) is 0 Å². The topological polar surface area (TPSA) is 121 Å². The first kappa shape index (κ1) is 21.9. The molecule has 2 atom stereocenters. The third kappa shape index (κ3) is 3.45. The second-order valence-electron chi connectivity index (χ2n) is 9.18. The van der Waals surface area contributed by atoms with Crippen molar-refractivity contribution in [3.8, 4) is 16.9 Å². The van der Waals surface area contributed by atoms with Crippen LogP contribution in [0.3, 0.4) is 0 Å². The fraction of sp³-hybridized carbons (Fsp3) is 0.200. The van der Waals surface area contributed by atoms with Gasteiger partial charge in [0.15, 0.2) is 5.82 Å². The molecule has 12 heteroatoms. The van der Waals surface area contributed by atoms with E-state index in [0.29, 0.717) is 17.7 Å². The Balaban J connectivity index is 1.22. The van der Waals surface area contributed by atoms with Crippen LogP contribution in [0.1, 0.15) is 36.7 Å². The summed E-state index contributed by atoms with van der Waals surface area (Å²) in [6.45, 7) is 0. The lowest BCUT2D eigenvalue weighted by Crippen LogP contribution is -2.39. The van der Waals surface area contributed by atoms with E-state index in [1.165, 1.54) is 23.2 Å². The number of aromatic amines is 2. The molecular weight excluding hydrogens is 497 g/mol. The molecule has 4 aromatic heterocycles. The Morgan fingerprint density at radius 3 is 2.95 bits per heavy atom. The summed E-state index contributed by atoms with van der Waals surface area (Å²) in [6, 6.07) is 4.77. The summed E-state index contributed by atoms with van der Waals surface area (Å²) < 4.78 is 16.7. The van der Waals surface area contributed by atoms with E-state index in [9.17, 15) is 4.79 Å². The number of carbonyl (C=O) groups is 1. The Hall–Kier alpha value is -4.38. The van der Waals surface area contributed by atoms with E-state index in [0.717, 1.165) is 40.8 Å². The Labute approximate surface area is 214 Å². The van der Waals surface area contributed by atoms with Crippen LogP contribution in [0.4, 0.5) is 4.39 Å². The number of hydrogen-bond donors (Lipinski definition) is 2. The van der Waals surface area contributed by atoms with Gasteiger partial charge in [0.05, 0.1) is 40.4 Å². The van der Waals surface area contributed by atoms with Gasteiger partial charge in [-0.1, -0.05) is 11.6 Å². The number of hydrogen-bond acceptors (Lipinski definition) is 6. The van der Waals surface area contributed by atoms with Gasteiger partial charge in [-0.3, -0.25) is 9.78 Å². The lowest BCUT2D eigenvalue weighted by atomic mass is 9.92. The zero-order chi connectivity index (χ0) is 25.1. The van der Waals surface area contributed by atoms with E-state index < -0.39 is 5.82 Å². The number of tetrazole rings is 1. The Morgan fingerprint density at radius 1 is 1.16 bits per heavy atom. The van der Waals surface area contributed by atoms with Crippen LogP contribution in [0.5, 0.6) is 0 Å². The Kier molecular flexibility index (Phi) is 4.93. The standard InChI is InChI=1S/C25H19ClFN9O/c26-17-2-4-20(35-12-31-33-34-35)23(24(17)27)13-7-14-1-3-21(36(14)22(37)8-13)25-30-11-19(32-25)16-9-29-18-10-28-6-5-15(16)18/h2,4-6,8-12,14,21,29H,1,3,7H2,(H,30,32)/t14-,21+/m1/s1. The molecule has 1 fully saturated rings. The molecular formula is C25H19ClFN9O. The molecule has 0 unspecified atom stereocenters.